The van der Waals surface area contributed by atoms with Crippen LogP contribution in [0.1, 0.15) is 32.6 Å². The molecule has 3 heteroatoms. The fraction of sp³-hybridized carbons (Fsp3) is 0.417. The van der Waals surface area contributed by atoms with Gasteiger partial charge in [0, 0.05) is 12.4 Å². The van der Waals surface area contributed by atoms with Gasteiger partial charge in [-0.1, -0.05) is 26.8 Å². The van der Waals surface area contributed by atoms with Gasteiger partial charge in [-0.15, -0.1) is 0 Å². The zero-order valence-corrected chi connectivity index (χ0v) is 9.31. The molecule has 80 valence electrons. The van der Waals surface area contributed by atoms with Crippen LogP contribution in [0.2, 0.25) is 0 Å². The Morgan fingerprint density at radius 3 is 2.67 bits per heavy atom. The highest BCUT2D eigenvalue weighted by Gasteiger charge is 2.25. The van der Waals surface area contributed by atoms with Crippen molar-refractivity contribution in [3.8, 4) is 0 Å². The van der Waals surface area contributed by atoms with Gasteiger partial charge in [-0.25, -0.2) is 4.98 Å². The number of nitrogens with zero attached hydrogens (tertiary/aromatic N) is 2. The van der Waals surface area contributed by atoms with Crippen LogP contribution in [0.4, 0.5) is 0 Å². The van der Waals surface area contributed by atoms with E-state index in [4.69, 9.17) is 0 Å². The molecule has 0 aliphatic carbocycles. The first kappa shape index (κ1) is 10.2. The number of aromatic nitrogens is 2. The molecular formula is C12H16N2O. The second kappa shape index (κ2) is 3.35. The maximum Gasteiger partial charge on any atom is 0.137 e. The van der Waals surface area contributed by atoms with Gasteiger partial charge in [0.05, 0.1) is 5.69 Å². The highest BCUT2D eigenvalue weighted by Crippen LogP contribution is 2.31. The van der Waals surface area contributed by atoms with Crippen molar-refractivity contribution < 1.29 is 5.11 Å². The SMILES string of the molecule is CC(C)(C)C(O)c1cn2ccccc2n1. The Kier molecular flexibility index (Phi) is 2.27. The van der Waals surface area contributed by atoms with Crippen molar-refractivity contribution in [2.75, 3.05) is 0 Å². The summed E-state index contributed by atoms with van der Waals surface area (Å²) in [4.78, 5) is 4.39. The van der Waals surface area contributed by atoms with Crippen molar-refractivity contribution in [1.29, 1.82) is 0 Å². The van der Waals surface area contributed by atoms with E-state index in [1.807, 2.05) is 55.8 Å². The summed E-state index contributed by atoms with van der Waals surface area (Å²) in [7, 11) is 0. The molecule has 0 amide bonds. The first-order valence-electron chi connectivity index (χ1n) is 5.10. The molecule has 0 aliphatic rings. The Hall–Kier alpha value is -1.35. The predicted molar refractivity (Wildman–Crippen MR) is 59.6 cm³/mol. The summed E-state index contributed by atoms with van der Waals surface area (Å²) < 4.78 is 1.92. The van der Waals surface area contributed by atoms with Crippen LogP contribution in [0.25, 0.3) is 5.65 Å². The fourth-order valence-corrected chi connectivity index (χ4v) is 1.53. The average Bonchev–Trinajstić information content (AvgIpc) is 2.58. The zero-order chi connectivity index (χ0) is 11.1. The number of hydrogen-bond acceptors (Lipinski definition) is 2. The molecule has 3 nitrogen and oxygen atoms in total. The molecule has 1 atom stereocenters. The molecule has 2 rings (SSSR count). The number of aliphatic hydroxyl groups is 1. The molecule has 0 aromatic carbocycles. The Morgan fingerprint density at radius 1 is 1.33 bits per heavy atom. The monoisotopic (exact) mass is 204 g/mol. The van der Waals surface area contributed by atoms with Crippen molar-refractivity contribution in [2.45, 2.75) is 26.9 Å². The van der Waals surface area contributed by atoms with Crippen LogP contribution in [0.5, 0.6) is 0 Å². The molecule has 0 saturated heterocycles. The van der Waals surface area contributed by atoms with Crippen molar-refractivity contribution >= 4 is 5.65 Å². The molecule has 15 heavy (non-hydrogen) atoms. The summed E-state index contributed by atoms with van der Waals surface area (Å²) >= 11 is 0. The Morgan fingerprint density at radius 2 is 2.07 bits per heavy atom. The topological polar surface area (TPSA) is 37.5 Å². The molecule has 1 unspecified atom stereocenters. The number of fused-ring (bicyclic) bond motifs is 1. The maximum absolute atomic E-state index is 10.1. The first-order valence-corrected chi connectivity index (χ1v) is 5.10. The van der Waals surface area contributed by atoms with Crippen LogP contribution < -0.4 is 0 Å². The third kappa shape index (κ3) is 1.88. The lowest BCUT2D eigenvalue weighted by atomic mass is 9.87. The highest BCUT2D eigenvalue weighted by molar-refractivity contribution is 5.39. The van der Waals surface area contributed by atoms with E-state index in [1.54, 1.807) is 0 Å². The molecule has 2 aromatic rings. The third-order valence-electron chi connectivity index (χ3n) is 2.48. The molecular weight excluding hydrogens is 188 g/mol. The molecule has 0 spiro atoms. The summed E-state index contributed by atoms with van der Waals surface area (Å²) in [5.74, 6) is 0. The lowest BCUT2D eigenvalue weighted by Crippen LogP contribution is -2.17. The summed E-state index contributed by atoms with van der Waals surface area (Å²) in [6, 6.07) is 5.82. The molecule has 2 heterocycles. The van der Waals surface area contributed by atoms with Gasteiger partial charge in [-0.3, -0.25) is 0 Å². The standard InChI is InChI=1S/C12H16N2O/c1-12(2,3)11(15)9-8-14-7-5-4-6-10(14)13-9/h4-8,11,15H,1-3H3. The van der Waals surface area contributed by atoms with Crippen LogP contribution in [-0.4, -0.2) is 14.5 Å². The molecule has 0 radical (unpaired) electrons. The van der Waals surface area contributed by atoms with E-state index in [-0.39, 0.29) is 5.41 Å². The zero-order valence-electron chi connectivity index (χ0n) is 9.31. The Labute approximate surface area is 89.4 Å². The van der Waals surface area contributed by atoms with Gasteiger partial charge in [0.2, 0.25) is 0 Å². The molecule has 1 N–H and O–H groups in total. The number of rotatable bonds is 1. The van der Waals surface area contributed by atoms with E-state index < -0.39 is 6.10 Å². The van der Waals surface area contributed by atoms with E-state index in [1.165, 1.54) is 0 Å². The molecule has 2 aromatic heterocycles. The Balaban J connectivity index is 2.45. The van der Waals surface area contributed by atoms with Crippen LogP contribution in [0, 0.1) is 5.41 Å². The highest BCUT2D eigenvalue weighted by atomic mass is 16.3. The number of hydrogen-bond donors (Lipinski definition) is 1. The lowest BCUT2D eigenvalue weighted by molar-refractivity contribution is 0.0594. The largest absolute Gasteiger partial charge is 0.386 e. The summed E-state index contributed by atoms with van der Waals surface area (Å²) in [5, 5.41) is 10.1. The number of aliphatic hydroxyl groups excluding tert-OH is 1. The number of imidazole rings is 1. The van der Waals surface area contributed by atoms with Gasteiger partial charge in [0.15, 0.2) is 0 Å². The summed E-state index contributed by atoms with van der Waals surface area (Å²) in [6.45, 7) is 6.00. The van der Waals surface area contributed by atoms with E-state index in [9.17, 15) is 5.11 Å². The van der Waals surface area contributed by atoms with Crippen molar-refractivity contribution in [1.82, 2.24) is 9.38 Å². The minimum Gasteiger partial charge on any atom is -0.386 e. The summed E-state index contributed by atoms with van der Waals surface area (Å²) in [6.07, 6.45) is 3.28. The second-order valence-electron chi connectivity index (χ2n) is 4.90. The van der Waals surface area contributed by atoms with Gasteiger partial charge < -0.3 is 9.51 Å². The van der Waals surface area contributed by atoms with Gasteiger partial charge in [-0.05, 0) is 17.5 Å². The van der Waals surface area contributed by atoms with Crippen LogP contribution in [0.15, 0.2) is 30.6 Å². The van der Waals surface area contributed by atoms with E-state index in [2.05, 4.69) is 4.98 Å². The second-order valence-corrected chi connectivity index (χ2v) is 4.90. The van der Waals surface area contributed by atoms with Gasteiger partial charge in [0.1, 0.15) is 11.8 Å². The van der Waals surface area contributed by atoms with Crippen LogP contribution in [0.3, 0.4) is 0 Å². The van der Waals surface area contributed by atoms with Crippen LogP contribution >= 0.6 is 0 Å². The maximum atomic E-state index is 10.1. The van der Waals surface area contributed by atoms with Crippen molar-refractivity contribution in [3.05, 3.63) is 36.3 Å². The minimum atomic E-state index is -0.530. The first-order chi connectivity index (χ1) is 6.98. The third-order valence-corrected chi connectivity index (χ3v) is 2.48. The molecule has 0 aliphatic heterocycles. The molecule has 0 saturated carbocycles. The number of pyridine rings is 1. The normalized spacial score (nSPS) is 14.4. The van der Waals surface area contributed by atoms with Gasteiger partial charge in [-0.2, -0.15) is 0 Å². The smallest absolute Gasteiger partial charge is 0.137 e. The lowest BCUT2D eigenvalue weighted by Gasteiger charge is -2.23. The molecule has 0 bridgehead atoms. The fourth-order valence-electron chi connectivity index (χ4n) is 1.53. The van der Waals surface area contributed by atoms with E-state index >= 15 is 0 Å². The van der Waals surface area contributed by atoms with E-state index in [0.717, 1.165) is 11.3 Å². The predicted octanol–water partition coefficient (Wildman–Crippen LogP) is 2.41. The van der Waals surface area contributed by atoms with E-state index in [0.29, 0.717) is 0 Å². The average molecular weight is 204 g/mol. The van der Waals surface area contributed by atoms with Crippen molar-refractivity contribution in [2.24, 2.45) is 5.41 Å². The minimum absolute atomic E-state index is 0.183. The quantitative estimate of drug-likeness (QED) is 0.774. The van der Waals surface area contributed by atoms with Crippen molar-refractivity contribution in [3.63, 3.8) is 0 Å². The van der Waals surface area contributed by atoms with Gasteiger partial charge in [0.25, 0.3) is 0 Å². The summed E-state index contributed by atoms with van der Waals surface area (Å²) in [5.41, 5.74) is 1.42. The molecule has 0 fully saturated rings. The van der Waals surface area contributed by atoms with Crippen LogP contribution in [-0.2, 0) is 0 Å². The Bertz CT molecular complexity index is 435. The van der Waals surface area contributed by atoms with Gasteiger partial charge >= 0.3 is 0 Å².